The molecule has 1 rings (SSSR count). The fourth-order valence-corrected chi connectivity index (χ4v) is 1.92. The normalized spacial score (nSPS) is 12.3. The minimum atomic E-state index is 0.121. The minimum Gasteiger partial charge on any atom is -0.497 e. The Morgan fingerprint density at radius 3 is 2.68 bits per heavy atom. The summed E-state index contributed by atoms with van der Waals surface area (Å²) >= 11 is 0. The molecule has 3 nitrogen and oxygen atoms in total. The summed E-state index contributed by atoms with van der Waals surface area (Å²) < 4.78 is 5.20. The fraction of sp³-hybridized carbons (Fsp3) is 0.562. The average Bonchev–Trinajstić information content (AvgIpc) is 2.38. The molecule has 0 bridgehead atoms. The number of rotatable bonds is 7. The summed E-state index contributed by atoms with van der Waals surface area (Å²) in [6.45, 7) is 7.15. The van der Waals surface area contributed by atoms with Crippen molar-refractivity contribution in [1.29, 1.82) is 0 Å². The highest BCUT2D eigenvalue weighted by atomic mass is 16.5. The summed E-state index contributed by atoms with van der Waals surface area (Å²) in [7, 11) is 1.66. The van der Waals surface area contributed by atoms with Crippen LogP contribution in [0, 0.1) is 5.92 Å². The van der Waals surface area contributed by atoms with Crippen LogP contribution in [0.4, 0.5) is 0 Å². The Kier molecular flexibility index (Phi) is 6.40. The van der Waals surface area contributed by atoms with Gasteiger partial charge in [-0.1, -0.05) is 32.9 Å². The summed E-state index contributed by atoms with van der Waals surface area (Å²) in [5, 5.41) is 2.97. The molecule has 106 valence electrons. The first-order valence-corrected chi connectivity index (χ1v) is 6.93. The second kappa shape index (κ2) is 7.82. The Hall–Kier alpha value is -1.51. The van der Waals surface area contributed by atoms with E-state index in [0.29, 0.717) is 12.3 Å². The van der Waals surface area contributed by atoms with Gasteiger partial charge in [-0.3, -0.25) is 4.79 Å². The molecular formula is C16H25NO2. The quantitative estimate of drug-likeness (QED) is 0.819. The third kappa shape index (κ3) is 5.77. The molecule has 0 saturated carbocycles. The molecule has 0 aliphatic heterocycles. The molecule has 0 radical (unpaired) electrons. The monoisotopic (exact) mass is 263 g/mol. The van der Waals surface area contributed by atoms with Gasteiger partial charge in [-0.25, -0.2) is 0 Å². The molecule has 0 heterocycles. The van der Waals surface area contributed by atoms with Crippen LogP contribution in [0.25, 0.3) is 0 Å². The summed E-state index contributed by atoms with van der Waals surface area (Å²) in [5.41, 5.74) is 1.14. The molecule has 1 aromatic carbocycles. The molecule has 0 aliphatic rings. The lowest BCUT2D eigenvalue weighted by Gasteiger charge is -2.13. The Balaban J connectivity index is 2.44. The first-order valence-electron chi connectivity index (χ1n) is 6.93. The highest BCUT2D eigenvalue weighted by molar-refractivity contribution is 5.76. The molecule has 1 amide bonds. The van der Waals surface area contributed by atoms with Gasteiger partial charge in [-0.05, 0) is 36.0 Å². The molecule has 0 spiro atoms. The third-order valence-electron chi connectivity index (χ3n) is 3.20. The van der Waals surface area contributed by atoms with Crippen LogP contribution in [0.3, 0.4) is 0 Å². The number of carbonyl (C=O) groups is 1. The molecule has 3 heteroatoms. The summed E-state index contributed by atoms with van der Waals surface area (Å²) in [6.07, 6.45) is 1.55. The van der Waals surface area contributed by atoms with Crippen LogP contribution in [0.1, 0.15) is 45.1 Å². The molecule has 1 unspecified atom stereocenters. The zero-order valence-corrected chi connectivity index (χ0v) is 12.4. The maximum atomic E-state index is 11.8. The first-order chi connectivity index (χ1) is 9.02. The van der Waals surface area contributed by atoms with Gasteiger partial charge in [0.15, 0.2) is 0 Å². The van der Waals surface area contributed by atoms with Crippen LogP contribution in [0.5, 0.6) is 5.75 Å². The lowest BCUT2D eigenvalue weighted by Crippen LogP contribution is -2.26. The molecule has 1 atom stereocenters. The van der Waals surface area contributed by atoms with Gasteiger partial charge in [0, 0.05) is 13.0 Å². The zero-order chi connectivity index (χ0) is 14.3. The van der Waals surface area contributed by atoms with E-state index < -0.39 is 0 Å². The summed E-state index contributed by atoms with van der Waals surface area (Å²) in [6, 6.07) is 7.90. The van der Waals surface area contributed by atoms with E-state index in [1.807, 2.05) is 24.3 Å². The molecule has 1 aromatic rings. The van der Waals surface area contributed by atoms with Crippen molar-refractivity contribution in [3.63, 3.8) is 0 Å². The topological polar surface area (TPSA) is 38.3 Å². The van der Waals surface area contributed by atoms with Gasteiger partial charge in [-0.15, -0.1) is 0 Å². The first kappa shape index (κ1) is 15.5. The second-order valence-electron chi connectivity index (χ2n) is 5.41. The van der Waals surface area contributed by atoms with Crippen LogP contribution in [0.2, 0.25) is 0 Å². The maximum absolute atomic E-state index is 11.8. The Labute approximate surface area is 116 Å². The number of methoxy groups -OCH3 is 1. The van der Waals surface area contributed by atoms with Crippen LogP contribution in [-0.4, -0.2) is 19.6 Å². The maximum Gasteiger partial charge on any atom is 0.220 e. The molecule has 1 N–H and O–H groups in total. The highest BCUT2D eigenvalue weighted by Crippen LogP contribution is 2.22. The van der Waals surface area contributed by atoms with E-state index in [1.165, 1.54) is 0 Å². The summed E-state index contributed by atoms with van der Waals surface area (Å²) in [4.78, 5) is 11.8. The van der Waals surface area contributed by atoms with E-state index in [4.69, 9.17) is 4.74 Å². The van der Waals surface area contributed by atoms with E-state index in [2.05, 4.69) is 26.1 Å². The molecule has 19 heavy (non-hydrogen) atoms. The summed E-state index contributed by atoms with van der Waals surface area (Å²) in [5.74, 6) is 1.78. The van der Waals surface area contributed by atoms with E-state index in [1.54, 1.807) is 7.11 Å². The van der Waals surface area contributed by atoms with Crippen LogP contribution in [-0.2, 0) is 4.79 Å². The predicted octanol–water partition coefficient (Wildman–Crippen LogP) is 3.35. The number of benzene rings is 1. The lowest BCUT2D eigenvalue weighted by atomic mass is 9.97. The number of nitrogens with one attached hydrogen (secondary N) is 1. The fourth-order valence-electron chi connectivity index (χ4n) is 1.92. The Bertz CT molecular complexity index is 401. The van der Waals surface area contributed by atoms with E-state index in [0.717, 1.165) is 24.3 Å². The van der Waals surface area contributed by atoms with Crippen molar-refractivity contribution in [2.24, 2.45) is 5.92 Å². The number of hydrogen-bond acceptors (Lipinski definition) is 2. The predicted molar refractivity (Wildman–Crippen MR) is 78.5 cm³/mol. The van der Waals surface area contributed by atoms with Crippen molar-refractivity contribution in [3.8, 4) is 5.75 Å². The van der Waals surface area contributed by atoms with E-state index in [9.17, 15) is 4.79 Å². The molecular weight excluding hydrogens is 238 g/mol. The average molecular weight is 263 g/mol. The van der Waals surface area contributed by atoms with Crippen LogP contribution >= 0.6 is 0 Å². The smallest absolute Gasteiger partial charge is 0.220 e. The van der Waals surface area contributed by atoms with Gasteiger partial charge in [-0.2, -0.15) is 0 Å². The molecule has 0 fully saturated rings. The number of ether oxygens (including phenoxy) is 1. The number of carbonyl (C=O) groups excluding carboxylic acids is 1. The van der Waals surface area contributed by atoms with Gasteiger partial charge < -0.3 is 10.1 Å². The number of amides is 1. The highest BCUT2D eigenvalue weighted by Gasteiger charge is 2.11. The van der Waals surface area contributed by atoms with Gasteiger partial charge >= 0.3 is 0 Å². The zero-order valence-electron chi connectivity index (χ0n) is 12.4. The van der Waals surface area contributed by atoms with Crippen molar-refractivity contribution in [1.82, 2.24) is 5.32 Å². The minimum absolute atomic E-state index is 0.121. The number of hydrogen-bond donors (Lipinski definition) is 1. The van der Waals surface area contributed by atoms with Gasteiger partial charge in [0.2, 0.25) is 5.91 Å². The van der Waals surface area contributed by atoms with Crippen molar-refractivity contribution in [3.05, 3.63) is 29.8 Å². The Morgan fingerprint density at radius 2 is 2.05 bits per heavy atom. The SMILES string of the molecule is COc1cccc(C(C)CC(=O)NCCC(C)C)c1. The molecule has 0 saturated heterocycles. The van der Waals surface area contributed by atoms with Crippen molar-refractivity contribution < 1.29 is 9.53 Å². The van der Waals surface area contributed by atoms with Gasteiger partial charge in [0.1, 0.15) is 5.75 Å². The Morgan fingerprint density at radius 1 is 1.32 bits per heavy atom. The van der Waals surface area contributed by atoms with Crippen molar-refractivity contribution in [2.45, 2.75) is 39.5 Å². The third-order valence-corrected chi connectivity index (χ3v) is 3.20. The second-order valence-corrected chi connectivity index (χ2v) is 5.41. The molecule has 0 aromatic heterocycles. The standard InChI is InChI=1S/C16H25NO2/c1-12(2)8-9-17-16(18)10-13(3)14-6-5-7-15(11-14)19-4/h5-7,11-13H,8-10H2,1-4H3,(H,17,18). The lowest BCUT2D eigenvalue weighted by molar-refractivity contribution is -0.121. The molecule has 0 aliphatic carbocycles. The van der Waals surface area contributed by atoms with E-state index >= 15 is 0 Å². The van der Waals surface area contributed by atoms with Crippen LogP contribution in [0.15, 0.2) is 24.3 Å². The van der Waals surface area contributed by atoms with Gasteiger partial charge in [0.25, 0.3) is 0 Å². The van der Waals surface area contributed by atoms with Crippen molar-refractivity contribution in [2.75, 3.05) is 13.7 Å². The van der Waals surface area contributed by atoms with Crippen molar-refractivity contribution >= 4 is 5.91 Å². The largest absolute Gasteiger partial charge is 0.497 e. The van der Waals surface area contributed by atoms with E-state index in [-0.39, 0.29) is 11.8 Å². The van der Waals surface area contributed by atoms with Crippen LogP contribution < -0.4 is 10.1 Å². The van der Waals surface area contributed by atoms with Gasteiger partial charge in [0.05, 0.1) is 7.11 Å².